The smallest absolute Gasteiger partial charge is 0.264 e. The number of aromatic amines is 1. The van der Waals surface area contributed by atoms with Gasteiger partial charge in [0.15, 0.2) is 0 Å². The molecule has 0 spiro atoms. The van der Waals surface area contributed by atoms with Crippen molar-refractivity contribution in [2.45, 2.75) is 24.3 Å². The van der Waals surface area contributed by atoms with Crippen LogP contribution < -0.4 is 9.86 Å². The number of hydrogen-bond donors (Lipinski definition) is 1. The van der Waals surface area contributed by atoms with Crippen LogP contribution in [0.1, 0.15) is 12.5 Å². The number of anilines is 1. The first-order valence-electron chi connectivity index (χ1n) is 7.72. The largest absolute Gasteiger partial charge is 0.322 e. The average molecular weight is 340 g/mol. The lowest BCUT2D eigenvalue weighted by Crippen LogP contribution is -2.35. The number of para-hydroxylation sites is 1. The number of fused-ring (bicyclic) bond motifs is 2. The molecule has 0 radical (unpaired) electrons. The second kappa shape index (κ2) is 5.21. The number of H-pyrrole nitrogens is 1. The van der Waals surface area contributed by atoms with E-state index in [0.717, 1.165) is 11.3 Å². The van der Waals surface area contributed by atoms with Gasteiger partial charge in [-0.2, -0.15) is 0 Å². The third kappa shape index (κ3) is 2.22. The molecule has 5 nitrogen and oxygen atoms in total. The summed E-state index contributed by atoms with van der Waals surface area (Å²) in [6.45, 7) is 1.91. The molecule has 2 aromatic carbocycles. The minimum atomic E-state index is -3.66. The standard InChI is InChI=1S/C18H16N2O3S/c1-12-10-14-4-2-3-5-17(14)20(12)24(22,23)15-7-8-16-13(11-15)6-9-18(21)19-16/h2-9,11-12H,10H2,1H3,(H,19,21)/t12-/m1/s1. The first-order chi connectivity index (χ1) is 11.5. The van der Waals surface area contributed by atoms with E-state index in [4.69, 9.17) is 0 Å². The summed E-state index contributed by atoms with van der Waals surface area (Å²) >= 11 is 0. The van der Waals surface area contributed by atoms with E-state index < -0.39 is 10.0 Å². The number of nitrogens with zero attached hydrogens (tertiary/aromatic N) is 1. The van der Waals surface area contributed by atoms with Crippen molar-refractivity contribution >= 4 is 26.6 Å². The SMILES string of the molecule is C[C@@H]1Cc2ccccc2N1S(=O)(=O)c1ccc2[nH]c(=O)ccc2c1. The lowest BCUT2D eigenvalue weighted by molar-refractivity contribution is 0.584. The van der Waals surface area contributed by atoms with Gasteiger partial charge in [0.2, 0.25) is 5.56 Å². The molecule has 0 aliphatic carbocycles. The maximum Gasteiger partial charge on any atom is 0.264 e. The Hall–Kier alpha value is -2.60. The Kier molecular flexibility index (Phi) is 3.25. The highest BCUT2D eigenvalue weighted by atomic mass is 32.2. The molecule has 0 fully saturated rings. The van der Waals surface area contributed by atoms with Crippen LogP contribution in [0.15, 0.2) is 64.3 Å². The first-order valence-corrected chi connectivity index (χ1v) is 9.16. The Morgan fingerprint density at radius 1 is 1.08 bits per heavy atom. The van der Waals surface area contributed by atoms with Gasteiger partial charge in [-0.1, -0.05) is 18.2 Å². The van der Waals surface area contributed by atoms with E-state index in [1.54, 1.807) is 24.3 Å². The molecule has 0 unspecified atom stereocenters. The van der Waals surface area contributed by atoms with E-state index in [1.165, 1.54) is 10.4 Å². The van der Waals surface area contributed by atoms with Crippen LogP contribution in [0.25, 0.3) is 10.9 Å². The van der Waals surface area contributed by atoms with E-state index in [1.807, 2.05) is 31.2 Å². The normalized spacial score (nSPS) is 17.2. The molecule has 1 aromatic heterocycles. The van der Waals surface area contributed by atoms with Gasteiger partial charge >= 0.3 is 0 Å². The molecule has 24 heavy (non-hydrogen) atoms. The van der Waals surface area contributed by atoms with Crippen LogP contribution in [0.2, 0.25) is 0 Å². The third-order valence-corrected chi connectivity index (χ3v) is 6.32. The predicted molar refractivity (Wildman–Crippen MR) is 93.8 cm³/mol. The Morgan fingerprint density at radius 2 is 1.88 bits per heavy atom. The van der Waals surface area contributed by atoms with Crippen LogP contribution in [-0.2, 0) is 16.4 Å². The molecule has 3 aromatic rings. The molecule has 0 bridgehead atoms. The van der Waals surface area contributed by atoms with Gasteiger partial charge in [0.05, 0.1) is 10.6 Å². The number of sulfonamides is 1. The van der Waals surface area contributed by atoms with Crippen LogP contribution in [0.4, 0.5) is 5.69 Å². The van der Waals surface area contributed by atoms with Crippen LogP contribution in [-0.4, -0.2) is 19.4 Å². The molecule has 122 valence electrons. The highest BCUT2D eigenvalue weighted by molar-refractivity contribution is 7.92. The first kappa shape index (κ1) is 15.0. The number of aromatic nitrogens is 1. The monoisotopic (exact) mass is 340 g/mol. The van der Waals surface area contributed by atoms with E-state index in [-0.39, 0.29) is 16.5 Å². The van der Waals surface area contributed by atoms with Gasteiger partial charge in [-0.3, -0.25) is 9.10 Å². The summed E-state index contributed by atoms with van der Waals surface area (Å²) < 4.78 is 27.8. The average Bonchev–Trinajstić information content (AvgIpc) is 2.90. The Labute approximate surface area is 139 Å². The van der Waals surface area contributed by atoms with Crippen molar-refractivity contribution in [3.8, 4) is 0 Å². The van der Waals surface area contributed by atoms with E-state index in [2.05, 4.69) is 4.98 Å². The zero-order valence-corrected chi connectivity index (χ0v) is 13.9. The van der Waals surface area contributed by atoms with Gasteiger partial charge in [-0.05, 0) is 54.6 Å². The summed E-state index contributed by atoms with van der Waals surface area (Å²) in [5, 5.41) is 0.691. The van der Waals surface area contributed by atoms with Crippen molar-refractivity contribution in [2.24, 2.45) is 0 Å². The van der Waals surface area contributed by atoms with Crippen molar-refractivity contribution in [1.29, 1.82) is 0 Å². The van der Waals surface area contributed by atoms with Gasteiger partial charge in [0, 0.05) is 17.6 Å². The van der Waals surface area contributed by atoms with Crippen molar-refractivity contribution in [3.63, 3.8) is 0 Å². The fourth-order valence-corrected chi connectivity index (χ4v) is 5.04. The minimum absolute atomic E-state index is 0.126. The molecule has 1 aliphatic heterocycles. The molecule has 0 saturated heterocycles. The summed E-state index contributed by atoms with van der Waals surface area (Å²) in [4.78, 5) is 14.3. The summed E-state index contributed by atoms with van der Waals surface area (Å²) in [5.74, 6) is 0. The van der Waals surface area contributed by atoms with Crippen molar-refractivity contribution < 1.29 is 8.42 Å². The Morgan fingerprint density at radius 3 is 2.71 bits per heavy atom. The fraction of sp³-hybridized carbons (Fsp3) is 0.167. The second-order valence-electron chi connectivity index (χ2n) is 6.05. The Bertz CT molecular complexity index is 1100. The molecule has 1 atom stereocenters. The topological polar surface area (TPSA) is 70.2 Å². The van der Waals surface area contributed by atoms with Gasteiger partial charge in [-0.15, -0.1) is 0 Å². The van der Waals surface area contributed by atoms with Gasteiger partial charge in [0.1, 0.15) is 0 Å². The maximum absolute atomic E-state index is 13.2. The van der Waals surface area contributed by atoms with Gasteiger partial charge < -0.3 is 4.98 Å². The number of hydrogen-bond acceptors (Lipinski definition) is 3. The van der Waals surface area contributed by atoms with E-state index >= 15 is 0 Å². The van der Waals surface area contributed by atoms with Crippen LogP contribution >= 0.6 is 0 Å². The van der Waals surface area contributed by atoms with E-state index in [9.17, 15) is 13.2 Å². The zero-order chi connectivity index (χ0) is 16.9. The lowest BCUT2D eigenvalue weighted by atomic mass is 10.1. The summed E-state index contributed by atoms with van der Waals surface area (Å²) in [5.41, 5.74) is 2.20. The summed E-state index contributed by atoms with van der Waals surface area (Å²) in [6.07, 6.45) is 0.705. The molecule has 1 aliphatic rings. The van der Waals surface area contributed by atoms with Crippen LogP contribution in [0.3, 0.4) is 0 Å². The highest BCUT2D eigenvalue weighted by Gasteiger charge is 2.35. The lowest BCUT2D eigenvalue weighted by Gasteiger charge is -2.24. The number of nitrogens with one attached hydrogen (secondary N) is 1. The molecular weight excluding hydrogens is 324 g/mol. The fourth-order valence-electron chi connectivity index (χ4n) is 3.31. The predicted octanol–water partition coefficient (Wildman–Crippen LogP) is 2.67. The Balaban J connectivity index is 1.86. The maximum atomic E-state index is 13.2. The molecule has 1 N–H and O–H groups in total. The molecular formula is C18H16N2O3S. The molecule has 0 amide bonds. The minimum Gasteiger partial charge on any atom is -0.322 e. The van der Waals surface area contributed by atoms with Gasteiger partial charge in [-0.25, -0.2) is 8.42 Å². The molecule has 0 saturated carbocycles. The van der Waals surface area contributed by atoms with Crippen molar-refractivity contribution in [1.82, 2.24) is 4.98 Å². The molecule has 2 heterocycles. The third-order valence-electron chi connectivity index (χ3n) is 4.40. The molecule has 4 rings (SSSR count). The molecule has 6 heteroatoms. The summed E-state index contributed by atoms with van der Waals surface area (Å²) in [7, 11) is -3.66. The number of pyridine rings is 1. The quantitative estimate of drug-likeness (QED) is 0.780. The van der Waals surface area contributed by atoms with Gasteiger partial charge in [0.25, 0.3) is 10.0 Å². The number of rotatable bonds is 2. The van der Waals surface area contributed by atoms with Crippen LogP contribution in [0.5, 0.6) is 0 Å². The van der Waals surface area contributed by atoms with Crippen molar-refractivity contribution in [3.05, 3.63) is 70.5 Å². The zero-order valence-electron chi connectivity index (χ0n) is 13.1. The highest BCUT2D eigenvalue weighted by Crippen LogP contribution is 2.36. The van der Waals surface area contributed by atoms with Crippen molar-refractivity contribution in [2.75, 3.05) is 4.31 Å². The van der Waals surface area contributed by atoms with E-state index in [0.29, 0.717) is 17.3 Å². The number of benzene rings is 2. The second-order valence-corrected chi connectivity index (χ2v) is 7.87. The summed E-state index contributed by atoms with van der Waals surface area (Å²) in [6, 6.07) is 15.3. The van der Waals surface area contributed by atoms with Crippen LogP contribution in [0, 0.1) is 0 Å².